The first-order chi connectivity index (χ1) is 8.95. The number of hydrogen-bond donors (Lipinski definition) is 2. The second-order valence-electron chi connectivity index (χ2n) is 5.46. The third-order valence-electron chi connectivity index (χ3n) is 3.40. The first-order valence-electron chi connectivity index (χ1n) is 6.96. The standard InChI is InChI=1S/C12H27N3O3S/c1-14(2)8-4-3-7-13-19(17,18)15-9-5-6-12(10-15)11-16/h12-13,16H,3-11H2,1-2H3. The van der Waals surface area contributed by atoms with Crippen LogP contribution in [0.4, 0.5) is 0 Å². The van der Waals surface area contributed by atoms with E-state index in [9.17, 15) is 8.42 Å². The summed E-state index contributed by atoms with van der Waals surface area (Å²) >= 11 is 0. The maximum atomic E-state index is 12.1. The van der Waals surface area contributed by atoms with Gasteiger partial charge in [-0.25, -0.2) is 4.72 Å². The number of aliphatic hydroxyl groups excluding tert-OH is 1. The lowest BCUT2D eigenvalue weighted by molar-refractivity contribution is 0.165. The predicted octanol–water partition coefficient (Wildman–Crippen LogP) is -0.133. The fraction of sp³-hybridized carbons (Fsp3) is 1.00. The second kappa shape index (κ2) is 8.16. The normalized spacial score (nSPS) is 22.0. The Morgan fingerprint density at radius 3 is 2.74 bits per heavy atom. The van der Waals surface area contributed by atoms with Crippen molar-refractivity contribution in [1.82, 2.24) is 13.9 Å². The fourth-order valence-corrected chi connectivity index (χ4v) is 3.60. The van der Waals surface area contributed by atoms with Gasteiger partial charge < -0.3 is 10.0 Å². The zero-order valence-electron chi connectivity index (χ0n) is 12.0. The minimum Gasteiger partial charge on any atom is -0.396 e. The van der Waals surface area contributed by atoms with Gasteiger partial charge in [-0.2, -0.15) is 12.7 Å². The lowest BCUT2D eigenvalue weighted by Crippen LogP contribution is -2.46. The van der Waals surface area contributed by atoms with Crippen molar-refractivity contribution in [3.8, 4) is 0 Å². The molecule has 19 heavy (non-hydrogen) atoms. The van der Waals surface area contributed by atoms with Gasteiger partial charge in [-0.3, -0.25) is 0 Å². The molecule has 1 atom stereocenters. The molecule has 0 aromatic heterocycles. The Hall–Kier alpha value is -0.210. The third-order valence-corrected chi connectivity index (χ3v) is 4.98. The van der Waals surface area contributed by atoms with Gasteiger partial charge in [0.25, 0.3) is 10.2 Å². The van der Waals surface area contributed by atoms with Gasteiger partial charge in [0.05, 0.1) is 0 Å². The highest BCUT2D eigenvalue weighted by molar-refractivity contribution is 7.87. The Bertz CT molecular complexity index is 346. The summed E-state index contributed by atoms with van der Waals surface area (Å²) in [6, 6.07) is 0. The van der Waals surface area contributed by atoms with Crippen molar-refractivity contribution >= 4 is 10.2 Å². The first kappa shape index (κ1) is 16.8. The van der Waals surface area contributed by atoms with Gasteiger partial charge in [0.2, 0.25) is 0 Å². The number of aliphatic hydroxyl groups is 1. The number of nitrogens with zero attached hydrogens (tertiary/aromatic N) is 2. The third kappa shape index (κ3) is 6.18. The topological polar surface area (TPSA) is 72.9 Å². The molecule has 0 bridgehead atoms. The van der Waals surface area contributed by atoms with E-state index in [-0.39, 0.29) is 12.5 Å². The molecule has 0 aromatic carbocycles. The first-order valence-corrected chi connectivity index (χ1v) is 8.40. The molecule has 0 amide bonds. The van der Waals surface area contributed by atoms with Crippen molar-refractivity contribution in [3.05, 3.63) is 0 Å². The van der Waals surface area contributed by atoms with Gasteiger partial charge >= 0.3 is 0 Å². The smallest absolute Gasteiger partial charge is 0.279 e. The van der Waals surface area contributed by atoms with Crippen LogP contribution in [0.2, 0.25) is 0 Å². The molecule has 1 unspecified atom stereocenters. The van der Waals surface area contributed by atoms with E-state index < -0.39 is 10.2 Å². The number of nitrogens with one attached hydrogen (secondary N) is 1. The molecule has 1 aliphatic rings. The van der Waals surface area contributed by atoms with Crippen molar-refractivity contribution in [2.75, 3.05) is 46.9 Å². The molecule has 114 valence electrons. The van der Waals surface area contributed by atoms with Crippen molar-refractivity contribution in [3.63, 3.8) is 0 Å². The molecule has 2 N–H and O–H groups in total. The maximum Gasteiger partial charge on any atom is 0.279 e. The van der Waals surface area contributed by atoms with Gasteiger partial charge in [0.15, 0.2) is 0 Å². The molecule has 0 saturated carbocycles. The number of unbranched alkanes of at least 4 members (excludes halogenated alkanes) is 1. The Morgan fingerprint density at radius 1 is 1.37 bits per heavy atom. The highest BCUT2D eigenvalue weighted by Crippen LogP contribution is 2.17. The van der Waals surface area contributed by atoms with Gasteiger partial charge in [0, 0.05) is 26.2 Å². The van der Waals surface area contributed by atoms with E-state index in [0.29, 0.717) is 19.6 Å². The molecule has 1 fully saturated rings. The Balaban J connectivity index is 2.30. The highest BCUT2D eigenvalue weighted by Gasteiger charge is 2.27. The Morgan fingerprint density at radius 2 is 2.11 bits per heavy atom. The minimum absolute atomic E-state index is 0.0643. The van der Waals surface area contributed by atoms with E-state index in [4.69, 9.17) is 5.11 Å². The van der Waals surface area contributed by atoms with E-state index in [1.54, 1.807) is 0 Å². The average molecular weight is 293 g/mol. The van der Waals surface area contributed by atoms with Gasteiger partial charge in [0.1, 0.15) is 0 Å². The molecule has 6 nitrogen and oxygen atoms in total. The minimum atomic E-state index is -3.37. The van der Waals surface area contributed by atoms with Crippen LogP contribution >= 0.6 is 0 Å². The largest absolute Gasteiger partial charge is 0.396 e. The molecule has 7 heteroatoms. The summed E-state index contributed by atoms with van der Waals surface area (Å²) in [4.78, 5) is 2.09. The van der Waals surface area contributed by atoms with Crippen LogP contribution in [0.5, 0.6) is 0 Å². The lowest BCUT2D eigenvalue weighted by atomic mass is 10.0. The van der Waals surface area contributed by atoms with Crippen LogP contribution in [-0.2, 0) is 10.2 Å². The van der Waals surface area contributed by atoms with Crippen molar-refractivity contribution in [1.29, 1.82) is 0 Å². The highest BCUT2D eigenvalue weighted by atomic mass is 32.2. The predicted molar refractivity (Wildman–Crippen MR) is 76.1 cm³/mol. The van der Waals surface area contributed by atoms with Gasteiger partial charge in [-0.1, -0.05) is 0 Å². The van der Waals surface area contributed by atoms with Crippen LogP contribution in [0.1, 0.15) is 25.7 Å². The lowest BCUT2D eigenvalue weighted by Gasteiger charge is -2.30. The molecule has 0 spiro atoms. The zero-order valence-corrected chi connectivity index (χ0v) is 12.8. The molecule has 0 aromatic rings. The molecule has 1 aliphatic heterocycles. The molecular formula is C12H27N3O3S. The van der Waals surface area contributed by atoms with E-state index in [1.807, 2.05) is 14.1 Å². The van der Waals surface area contributed by atoms with Crippen LogP contribution in [0.3, 0.4) is 0 Å². The van der Waals surface area contributed by atoms with Crippen molar-refractivity contribution < 1.29 is 13.5 Å². The summed E-state index contributed by atoms with van der Waals surface area (Å²) in [5.41, 5.74) is 0. The van der Waals surface area contributed by atoms with Gasteiger partial charge in [-0.05, 0) is 52.2 Å². The fourth-order valence-electron chi connectivity index (χ4n) is 2.24. The van der Waals surface area contributed by atoms with E-state index in [2.05, 4.69) is 9.62 Å². The molecule has 0 radical (unpaired) electrons. The summed E-state index contributed by atoms with van der Waals surface area (Å²) in [6.07, 6.45) is 3.56. The number of piperidine rings is 1. The van der Waals surface area contributed by atoms with Gasteiger partial charge in [-0.15, -0.1) is 0 Å². The molecule has 1 heterocycles. The number of rotatable bonds is 8. The number of hydrogen-bond acceptors (Lipinski definition) is 4. The summed E-state index contributed by atoms with van der Waals surface area (Å²) < 4.78 is 28.2. The second-order valence-corrected chi connectivity index (χ2v) is 7.21. The summed E-state index contributed by atoms with van der Waals surface area (Å²) in [6.45, 7) is 2.51. The van der Waals surface area contributed by atoms with Crippen LogP contribution in [0.15, 0.2) is 0 Å². The zero-order chi connectivity index (χ0) is 14.3. The summed E-state index contributed by atoms with van der Waals surface area (Å²) in [5, 5.41) is 9.13. The maximum absolute atomic E-state index is 12.1. The van der Waals surface area contributed by atoms with E-state index in [0.717, 1.165) is 32.2 Å². The van der Waals surface area contributed by atoms with Crippen molar-refractivity contribution in [2.24, 2.45) is 5.92 Å². The Kier molecular flexibility index (Phi) is 7.23. The quantitative estimate of drug-likeness (QED) is 0.611. The van der Waals surface area contributed by atoms with Crippen LogP contribution in [0, 0.1) is 5.92 Å². The molecule has 1 rings (SSSR count). The summed E-state index contributed by atoms with van der Waals surface area (Å²) in [5.74, 6) is 0.0825. The SMILES string of the molecule is CN(C)CCCCNS(=O)(=O)N1CCCC(CO)C1. The van der Waals surface area contributed by atoms with Crippen LogP contribution < -0.4 is 4.72 Å². The van der Waals surface area contributed by atoms with E-state index >= 15 is 0 Å². The molecule has 1 saturated heterocycles. The monoisotopic (exact) mass is 293 g/mol. The van der Waals surface area contributed by atoms with E-state index in [1.165, 1.54) is 4.31 Å². The van der Waals surface area contributed by atoms with Crippen molar-refractivity contribution in [2.45, 2.75) is 25.7 Å². The molecular weight excluding hydrogens is 266 g/mol. The van der Waals surface area contributed by atoms with Crippen LogP contribution in [-0.4, -0.2) is 69.6 Å². The Labute approximate surface area is 117 Å². The summed E-state index contributed by atoms with van der Waals surface area (Å²) in [7, 11) is 0.645. The average Bonchev–Trinajstić information content (AvgIpc) is 2.38. The molecule has 0 aliphatic carbocycles. The van der Waals surface area contributed by atoms with Crippen LogP contribution in [0.25, 0.3) is 0 Å².